The van der Waals surface area contributed by atoms with Crippen LogP contribution < -0.4 is 0 Å². The van der Waals surface area contributed by atoms with Gasteiger partial charge in [0.05, 0.1) is 22.9 Å². The Morgan fingerprint density at radius 2 is 2.08 bits per heavy atom. The van der Waals surface area contributed by atoms with E-state index < -0.39 is 18.2 Å². The molecule has 3 atom stereocenters. The Balaban J connectivity index is 1.60. The lowest BCUT2D eigenvalue weighted by atomic mass is 9.91. The molecule has 0 spiro atoms. The van der Waals surface area contributed by atoms with E-state index in [-0.39, 0.29) is 35.5 Å². The van der Waals surface area contributed by atoms with Crippen molar-refractivity contribution in [1.82, 2.24) is 14.8 Å². The fraction of sp³-hybridized carbons (Fsp3) is 0.407. The van der Waals surface area contributed by atoms with Gasteiger partial charge in [0.15, 0.2) is 6.10 Å². The number of rotatable bonds is 3. The highest BCUT2D eigenvalue weighted by Gasteiger charge is 2.41. The number of aldehydes is 1. The van der Waals surface area contributed by atoms with Gasteiger partial charge in [-0.25, -0.2) is 14.2 Å². The van der Waals surface area contributed by atoms with Gasteiger partial charge in [0.1, 0.15) is 24.8 Å². The molecule has 198 valence electrons. The number of piperidine rings is 1. The minimum atomic E-state index is -1.61. The Morgan fingerprint density at radius 1 is 1.29 bits per heavy atom. The molecule has 0 aliphatic carbocycles. The molecule has 11 heteroatoms. The van der Waals surface area contributed by atoms with Crippen molar-refractivity contribution in [2.45, 2.75) is 49.5 Å². The molecule has 6 rings (SSSR count). The zero-order valence-corrected chi connectivity index (χ0v) is 21.7. The van der Waals surface area contributed by atoms with Crippen LogP contribution in [0.25, 0.3) is 16.6 Å². The summed E-state index contributed by atoms with van der Waals surface area (Å²) in [5, 5.41) is 21.6. The molecular weight excluding hydrogens is 513 g/mol. The van der Waals surface area contributed by atoms with E-state index in [1.54, 1.807) is 17.9 Å². The first-order valence-corrected chi connectivity index (χ1v) is 13.4. The van der Waals surface area contributed by atoms with Gasteiger partial charge in [-0.05, 0) is 37.0 Å². The number of cyclic esters (lactones) is 1. The van der Waals surface area contributed by atoms with Crippen LogP contribution in [0.1, 0.15) is 41.3 Å². The summed E-state index contributed by atoms with van der Waals surface area (Å²) in [4.78, 5) is 46.0. The monoisotopic (exact) mass is 539 g/mol. The van der Waals surface area contributed by atoms with Crippen molar-refractivity contribution in [1.29, 1.82) is 0 Å². The van der Waals surface area contributed by atoms with Crippen LogP contribution in [-0.4, -0.2) is 81.3 Å². The molecule has 1 aromatic heterocycles. The second-order valence-corrected chi connectivity index (χ2v) is 11.1. The summed E-state index contributed by atoms with van der Waals surface area (Å²) in [7, 11) is 1.83. The number of thioether (sulfide) groups is 1. The number of aliphatic hydroxyl groups excluding tert-OH is 2. The number of aromatic nitrogens is 1. The standard InChI is InChI=1S/C27H26FN3O6S/c1-12-16(28)7-17-22-21(19(11-38-25(12)22)31-5-3-4-20(33)26(31)35)15-8-30(2)18(23(15)29-17)6-14-13(9-32)10-37-27(36)24(14)34/h6-7,9,19-20,24,33-34H,3-5,8,10-11H2,1-2H3/b18-6-. The molecule has 0 radical (unpaired) electrons. The van der Waals surface area contributed by atoms with Gasteiger partial charge < -0.3 is 24.7 Å². The molecule has 4 aliphatic heterocycles. The van der Waals surface area contributed by atoms with Gasteiger partial charge in [0, 0.05) is 58.9 Å². The van der Waals surface area contributed by atoms with Gasteiger partial charge in [-0.15, -0.1) is 11.8 Å². The van der Waals surface area contributed by atoms with Crippen LogP contribution >= 0.6 is 11.8 Å². The Kier molecular flexibility index (Phi) is 6.04. The van der Waals surface area contributed by atoms with E-state index in [0.29, 0.717) is 60.4 Å². The van der Waals surface area contributed by atoms with Crippen molar-refractivity contribution >= 4 is 46.5 Å². The average Bonchev–Trinajstić information content (AvgIpc) is 3.21. The van der Waals surface area contributed by atoms with Crippen molar-refractivity contribution in [3.63, 3.8) is 0 Å². The Hall–Kier alpha value is -3.28. The van der Waals surface area contributed by atoms with E-state index in [4.69, 9.17) is 9.72 Å². The number of benzene rings is 1. The Morgan fingerprint density at radius 3 is 2.84 bits per heavy atom. The fourth-order valence-electron chi connectivity index (χ4n) is 5.84. The van der Waals surface area contributed by atoms with Crippen LogP contribution in [0.5, 0.6) is 0 Å². The molecule has 2 aromatic rings. The molecule has 1 aromatic carbocycles. The molecule has 5 heterocycles. The second-order valence-electron chi connectivity index (χ2n) is 10.1. The molecule has 9 nitrogen and oxygen atoms in total. The van der Waals surface area contributed by atoms with E-state index in [1.165, 1.54) is 17.8 Å². The molecule has 1 amide bonds. The maximum atomic E-state index is 15.0. The van der Waals surface area contributed by atoms with E-state index >= 15 is 4.39 Å². The van der Waals surface area contributed by atoms with E-state index in [0.717, 1.165) is 21.4 Å². The van der Waals surface area contributed by atoms with Gasteiger partial charge in [-0.2, -0.15) is 0 Å². The maximum Gasteiger partial charge on any atom is 0.340 e. The van der Waals surface area contributed by atoms with Crippen molar-refractivity contribution in [3.05, 3.63) is 51.5 Å². The maximum absolute atomic E-state index is 15.0. The summed E-state index contributed by atoms with van der Waals surface area (Å²) in [6.45, 7) is 2.43. The third-order valence-corrected chi connectivity index (χ3v) is 9.12. The fourth-order valence-corrected chi connectivity index (χ4v) is 7.19. The summed E-state index contributed by atoms with van der Waals surface area (Å²) >= 11 is 1.49. The molecular formula is C27H26FN3O6S. The van der Waals surface area contributed by atoms with E-state index in [2.05, 4.69) is 0 Å². The SMILES string of the molecule is Cc1c(F)cc2nc3c(c4c2c1SCC4N1CCCC(O)C1=O)CN(C)/C3=C\C1=C(C=O)COC(=O)C1O. The van der Waals surface area contributed by atoms with Crippen molar-refractivity contribution in [2.24, 2.45) is 0 Å². The van der Waals surface area contributed by atoms with Gasteiger partial charge in [0.25, 0.3) is 5.91 Å². The summed E-state index contributed by atoms with van der Waals surface area (Å²) in [5.41, 5.74) is 4.10. The number of ether oxygens (including phenoxy) is 1. The minimum Gasteiger partial charge on any atom is -0.459 e. The van der Waals surface area contributed by atoms with Crippen LogP contribution in [0.15, 0.2) is 28.2 Å². The molecule has 1 fully saturated rings. The largest absolute Gasteiger partial charge is 0.459 e. The minimum absolute atomic E-state index is 0.138. The predicted molar refractivity (Wildman–Crippen MR) is 136 cm³/mol. The van der Waals surface area contributed by atoms with Crippen LogP contribution in [0.3, 0.4) is 0 Å². The third kappa shape index (κ3) is 3.67. The van der Waals surface area contributed by atoms with Crippen LogP contribution in [0.2, 0.25) is 0 Å². The number of hydrogen-bond acceptors (Lipinski definition) is 9. The lowest BCUT2D eigenvalue weighted by Gasteiger charge is -2.40. The number of aliphatic hydroxyl groups is 2. The van der Waals surface area contributed by atoms with Gasteiger partial charge in [0.2, 0.25) is 0 Å². The number of nitrogens with zero attached hydrogens (tertiary/aromatic N) is 3. The molecule has 38 heavy (non-hydrogen) atoms. The highest BCUT2D eigenvalue weighted by molar-refractivity contribution is 7.99. The van der Waals surface area contributed by atoms with Crippen molar-refractivity contribution in [3.8, 4) is 0 Å². The molecule has 3 unspecified atom stereocenters. The number of halogens is 1. The number of esters is 1. The molecule has 1 saturated heterocycles. The molecule has 2 N–H and O–H groups in total. The summed E-state index contributed by atoms with van der Waals surface area (Å²) < 4.78 is 19.9. The summed E-state index contributed by atoms with van der Waals surface area (Å²) in [6.07, 6.45) is 0.571. The first-order valence-electron chi connectivity index (χ1n) is 12.4. The van der Waals surface area contributed by atoms with Crippen molar-refractivity contribution in [2.75, 3.05) is 26.0 Å². The van der Waals surface area contributed by atoms with E-state index in [9.17, 15) is 24.6 Å². The zero-order valence-electron chi connectivity index (χ0n) is 20.9. The lowest BCUT2D eigenvalue weighted by Crippen LogP contribution is -2.47. The molecule has 0 bridgehead atoms. The van der Waals surface area contributed by atoms with Gasteiger partial charge in [-0.3, -0.25) is 9.59 Å². The van der Waals surface area contributed by atoms with Gasteiger partial charge in [-0.1, -0.05) is 0 Å². The van der Waals surface area contributed by atoms with Crippen molar-refractivity contribution < 1.29 is 33.7 Å². The first-order chi connectivity index (χ1) is 18.2. The smallest absolute Gasteiger partial charge is 0.340 e. The highest BCUT2D eigenvalue weighted by atomic mass is 32.2. The Bertz CT molecular complexity index is 1490. The normalized spacial score (nSPS) is 26.3. The Labute approximate surface area is 221 Å². The molecule has 0 saturated carbocycles. The summed E-state index contributed by atoms with van der Waals surface area (Å²) in [6, 6.07) is 1.05. The lowest BCUT2D eigenvalue weighted by molar-refractivity contribution is -0.152. The summed E-state index contributed by atoms with van der Waals surface area (Å²) in [5.74, 6) is -1.02. The predicted octanol–water partition coefficient (Wildman–Crippen LogP) is 2.01. The number of likely N-dealkylation sites (tertiary alicyclic amines) is 1. The topological polar surface area (TPSA) is 120 Å². The van der Waals surface area contributed by atoms with Crippen LogP contribution in [0, 0.1) is 12.7 Å². The first kappa shape index (κ1) is 25.0. The quantitative estimate of drug-likeness (QED) is 0.446. The number of hydrogen-bond donors (Lipinski definition) is 2. The number of carbonyl (C=O) groups excluding carboxylic acids is 3. The zero-order chi connectivity index (χ0) is 26.9. The highest BCUT2D eigenvalue weighted by Crippen LogP contribution is 2.50. The number of fused-ring (bicyclic) bond motifs is 2. The number of pyridine rings is 1. The van der Waals surface area contributed by atoms with Gasteiger partial charge >= 0.3 is 5.97 Å². The third-order valence-electron chi connectivity index (χ3n) is 7.84. The second kappa shape index (κ2) is 9.18. The van der Waals surface area contributed by atoms with Crippen LogP contribution in [-0.2, 0) is 25.7 Å². The molecule has 4 aliphatic rings. The average molecular weight is 540 g/mol. The van der Waals surface area contributed by atoms with Crippen LogP contribution in [0.4, 0.5) is 4.39 Å². The number of carbonyl (C=O) groups is 3. The number of amides is 1. The van der Waals surface area contributed by atoms with E-state index in [1.807, 2.05) is 11.9 Å².